The fourth-order valence-corrected chi connectivity index (χ4v) is 2.21. The molecule has 0 aromatic carbocycles. The smallest absolute Gasteiger partial charge is 0.171 e. The monoisotopic (exact) mass is 225 g/mol. The zero-order valence-electron chi connectivity index (χ0n) is 8.79. The molecule has 1 aliphatic carbocycles. The van der Waals surface area contributed by atoms with Crippen LogP contribution in [0.15, 0.2) is 18.3 Å². The molecule has 1 heterocycles. The number of halogens is 1. The van der Waals surface area contributed by atoms with E-state index in [9.17, 15) is 0 Å². The second-order valence-corrected chi connectivity index (χ2v) is 4.47. The van der Waals surface area contributed by atoms with E-state index in [4.69, 9.17) is 16.3 Å². The summed E-state index contributed by atoms with van der Waals surface area (Å²) in [6.45, 7) is 0.783. The molecule has 15 heavy (non-hydrogen) atoms. The second kappa shape index (κ2) is 5.36. The number of rotatable bonds is 3. The van der Waals surface area contributed by atoms with Crippen LogP contribution in [0.4, 0.5) is 0 Å². The van der Waals surface area contributed by atoms with Gasteiger partial charge in [-0.15, -0.1) is 0 Å². The van der Waals surface area contributed by atoms with Crippen molar-refractivity contribution < 1.29 is 4.74 Å². The lowest BCUT2D eigenvalue weighted by atomic mass is 9.90. The highest BCUT2D eigenvalue weighted by Gasteiger charge is 2.14. The van der Waals surface area contributed by atoms with Crippen LogP contribution < -0.4 is 4.74 Å². The lowest BCUT2D eigenvalue weighted by Gasteiger charge is -2.21. The third-order valence-corrected chi connectivity index (χ3v) is 3.21. The average molecular weight is 226 g/mol. The molecule has 0 atom stereocenters. The first-order valence-electron chi connectivity index (χ1n) is 5.59. The molecule has 0 bridgehead atoms. The first kappa shape index (κ1) is 10.7. The Kier molecular flexibility index (Phi) is 3.84. The van der Waals surface area contributed by atoms with Crippen LogP contribution >= 0.6 is 11.6 Å². The highest BCUT2D eigenvalue weighted by atomic mass is 35.5. The van der Waals surface area contributed by atoms with E-state index in [1.54, 1.807) is 6.20 Å². The summed E-state index contributed by atoms with van der Waals surface area (Å²) in [6, 6.07) is 3.72. The molecule has 0 N–H and O–H groups in total. The van der Waals surface area contributed by atoms with Crippen molar-refractivity contribution >= 4 is 11.6 Å². The van der Waals surface area contributed by atoms with E-state index in [0.29, 0.717) is 16.8 Å². The van der Waals surface area contributed by atoms with E-state index in [1.807, 2.05) is 12.1 Å². The first-order valence-corrected chi connectivity index (χ1v) is 5.97. The number of hydrogen-bond acceptors (Lipinski definition) is 2. The van der Waals surface area contributed by atoms with Gasteiger partial charge in [0.05, 0.1) is 6.61 Å². The normalized spacial score (nSPS) is 17.7. The molecule has 1 aromatic rings. The van der Waals surface area contributed by atoms with Crippen LogP contribution in [-0.4, -0.2) is 11.6 Å². The summed E-state index contributed by atoms with van der Waals surface area (Å²) in [5.41, 5.74) is 0. The van der Waals surface area contributed by atoms with Crippen LogP contribution in [0, 0.1) is 5.92 Å². The Bertz CT molecular complexity index is 310. The van der Waals surface area contributed by atoms with E-state index in [0.717, 1.165) is 6.61 Å². The molecule has 2 rings (SSSR count). The zero-order chi connectivity index (χ0) is 10.5. The molecule has 82 valence electrons. The molecule has 0 aliphatic heterocycles. The Labute approximate surface area is 95.6 Å². The standard InChI is InChI=1S/C12H16ClNO/c13-12-11(7-4-8-14-12)15-9-10-5-2-1-3-6-10/h4,7-8,10H,1-3,5-6,9H2. The lowest BCUT2D eigenvalue weighted by molar-refractivity contribution is 0.208. The molecule has 0 radical (unpaired) electrons. The van der Waals surface area contributed by atoms with Gasteiger partial charge in [0, 0.05) is 6.20 Å². The summed E-state index contributed by atoms with van der Waals surface area (Å²) in [5, 5.41) is 0.466. The van der Waals surface area contributed by atoms with Gasteiger partial charge in [-0.05, 0) is 30.9 Å². The third-order valence-electron chi connectivity index (χ3n) is 2.92. The second-order valence-electron chi connectivity index (χ2n) is 4.11. The summed E-state index contributed by atoms with van der Waals surface area (Å²) in [5.74, 6) is 1.42. The highest BCUT2D eigenvalue weighted by Crippen LogP contribution is 2.26. The molecule has 0 saturated heterocycles. The van der Waals surface area contributed by atoms with Crippen molar-refractivity contribution in [3.8, 4) is 5.75 Å². The van der Waals surface area contributed by atoms with Gasteiger partial charge in [-0.1, -0.05) is 30.9 Å². The molecule has 1 saturated carbocycles. The summed E-state index contributed by atoms with van der Waals surface area (Å²) < 4.78 is 5.68. The maximum Gasteiger partial charge on any atom is 0.171 e. The van der Waals surface area contributed by atoms with E-state index >= 15 is 0 Å². The number of ether oxygens (including phenoxy) is 1. The first-order chi connectivity index (χ1) is 7.36. The van der Waals surface area contributed by atoms with Gasteiger partial charge >= 0.3 is 0 Å². The number of hydrogen-bond donors (Lipinski definition) is 0. The van der Waals surface area contributed by atoms with E-state index in [1.165, 1.54) is 32.1 Å². The molecule has 0 unspecified atom stereocenters. The van der Waals surface area contributed by atoms with Crippen LogP contribution in [0.3, 0.4) is 0 Å². The Morgan fingerprint density at radius 3 is 2.87 bits per heavy atom. The van der Waals surface area contributed by atoms with Crippen molar-refractivity contribution in [2.24, 2.45) is 5.92 Å². The van der Waals surface area contributed by atoms with Gasteiger partial charge in [-0.25, -0.2) is 4.98 Å². The molecule has 1 aliphatic rings. The zero-order valence-corrected chi connectivity index (χ0v) is 9.54. The van der Waals surface area contributed by atoms with Crippen molar-refractivity contribution in [3.63, 3.8) is 0 Å². The topological polar surface area (TPSA) is 22.1 Å². The third kappa shape index (κ3) is 3.10. The van der Waals surface area contributed by atoms with E-state index in [-0.39, 0.29) is 0 Å². The van der Waals surface area contributed by atoms with Gasteiger partial charge in [0.1, 0.15) is 0 Å². The van der Waals surface area contributed by atoms with Crippen LogP contribution in [0.25, 0.3) is 0 Å². The van der Waals surface area contributed by atoms with Gasteiger partial charge in [0.25, 0.3) is 0 Å². The van der Waals surface area contributed by atoms with E-state index in [2.05, 4.69) is 4.98 Å². The van der Waals surface area contributed by atoms with Gasteiger partial charge in [0.15, 0.2) is 10.9 Å². The van der Waals surface area contributed by atoms with Gasteiger partial charge in [0.2, 0.25) is 0 Å². The van der Waals surface area contributed by atoms with Crippen molar-refractivity contribution in [2.75, 3.05) is 6.61 Å². The van der Waals surface area contributed by atoms with Crippen molar-refractivity contribution in [1.82, 2.24) is 4.98 Å². The predicted molar refractivity (Wildman–Crippen MR) is 61.3 cm³/mol. The molecule has 1 fully saturated rings. The minimum Gasteiger partial charge on any atom is -0.490 e. The van der Waals surface area contributed by atoms with E-state index < -0.39 is 0 Å². The SMILES string of the molecule is Clc1ncccc1OCC1CCCCC1. The van der Waals surface area contributed by atoms with Crippen molar-refractivity contribution in [2.45, 2.75) is 32.1 Å². The van der Waals surface area contributed by atoms with Crippen LogP contribution in [-0.2, 0) is 0 Å². The van der Waals surface area contributed by atoms with Crippen LogP contribution in [0.5, 0.6) is 5.75 Å². The quantitative estimate of drug-likeness (QED) is 0.732. The highest BCUT2D eigenvalue weighted by molar-refractivity contribution is 6.30. The fourth-order valence-electron chi connectivity index (χ4n) is 2.04. The Hall–Kier alpha value is -0.760. The van der Waals surface area contributed by atoms with Crippen LogP contribution in [0.1, 0.15) is 32.1 Å². The van der Waals surface area contributed by atoms with Gasteiger partial charge in [-0.3, -0.25) is 0 Å². The molecular weight excluding hydrogens is 210 g/mol. The maximum atomic E-state index is 5.91. The largest absolute Gasteiger partial charge is 0.490 e. The maximum absolute atomic E-state index is 5.91. The summed E-state index contributed by atoms with van der Waals surface area (Å²) in [6.07, 6.45) is 8.32. The molecule has 3 heteroatoms. The summed E-state index contributed by atoms with van der Waals surface area (Å²) in [7, 11) is 0. The van der Waals surface area contributed by atoms with Crippen molar-refractivity contribution in [1.29, 1.82) is 0 Å². The lowest BCUT2D eigenvalue weighted by Crippen LogP contribution is -2.15. The summed E-state index contributed by atoms with van der Waals surface area (Å²) in [4.78, 5) is 3.98. The minimum atomic E-state index is 0.466. The van der Waals surface area contributed by atoms with Gasteiger partial charge < -0.3 is 4.74 Å². The molecule has 2 nitrogen and oxygen atoms in total. The van der Waals surface area contributed by atoms with Crippen LogP contribution in [0.2, 0.25) is 5.15 Å². The number of nitrogens with zero attached hydrogens (tertiary/aromatic N) is 1. The Morgan fingerprint density at radius 2 is 2.13 bits per heavy atom. The molecule has 0 amide bonds. The summed E-state index contributed by atoms with van der Waals surface area (Å²) >= 11 is 5.91. The number of pyridine rings is 1. The Balaban J connectivity index is 1.84. The molecular formula is C12H16ClNO. The van der Waals surface area contributed by atoms with Gasteiger partial charge in [-0.2, -0.15) is 0 Å². The van der Waals surface area contributed by atoms with Crippen molar-refractivity contribution in [3.05, 3.63) is 23.5 Å². The fraction of sp³-hybridized carbons (Fsp3) is 0.583. The Morgan fingerprint density at radius 1 is 1.33 bits per heavy atom. The minimum absolute atomic E-state index is 0.466. The molecule has 1 aromatic heterocycles. The molecule has 0 spiro atoms. The number of aromatic nitrogens is 1. The predicted octanol–water partition coefficient (Wildman–Crippen LogP) is 3.69. The average Bonchev–Trinajstić information content (AvgIpc) is 2.29.